The number of piperidine rings is 1. The molecule has 10 heteroatoms. The van der Waals surface area contributed by atoms with Crippen LogP contribution in [0.2, 0.25) is 0 Å². The number of aromatic nitrogens is 2. The van der Waals surface area contributed by atoms with Crippen molar-refractivity contribution in [2.45, 2.75) is 18.9 Å². The quantitative estimate of drug-likeness (QED) is 0.611. The van der Waals surface area contributed by atoms with Crippen LogP contribution in [0.15, 0.2) is 41.0 Å². The fourth-order valence-corrected chi connectivity index (χ4v) is 4.07. The topological polar surface area (TPSA) is 88.5 Å². The number of fused-ring (bicyclic) bond motifs is 1. The lowest BCUT2D eigenvalue weighted by molar-refractivity contribution is 0.167. The molecule has 0 aliphatic carbocycles. The minimum absolute atomic E-state index is 0.0860. The van der Waals surface area contributed by atoms with Crippen LogP contribution in [0.4, 0.5) is 26.0 Å². The molecule has 31 heavy (non-hydrogen) atoms. The summed E-state index contributed by atoms with van der Waals surface area (Å²) >= 11 is 0. The molecule has 1 unspecified atom stereocenters. The van der Waals surface area contributed by atoms with Crippen molar-refractivity contribution in [3.63, 3.8) is 0 Å². The number of nitrogens with one attached hydrogen (secondary N) is 2. The molecule has 7 nitrogen and oxygen atoms in total. The third kappa shape index (κ3) is 5.26. The van der Waals surface area contributed by atoms with E-state index < -0.39 is 21.4 Å². The fraction of sp³-hybridized carbons (Fsp3) is 0.333. The maximum Gasteiger partial charge on any atom is 0.146 e. The number of ether oxygens (including phenoxy) is 1. The van der Waals surface area contributed by atoms with Crippen LogP contribution >= 0.6 is 0 Å². The Labute approximate surface area is 179 Å². The van der Waals surface area contributed by atoms with Gasteiger partial charge in [-0.15, -0.1) is 0 Å². The Balaban J connectivity index is 1.71. The Morgan fingerprint density at radius 3 is 2.81 bits per heavy atom. The Morgan fingerprint density at radius 1 is 1.23 bits per heavy atom. The van der Waals surface area contributed by atoms with Crippen molar-refractivity contribution < 1.29 is 17.7 Å². The molecular weight excluding hydrogens is 424 g/mol. The summed E-state index contributed by atoms with van der Waals surface area (Å²) in [5.74, 6) is -0.508. The van der Waals surface area contributed by atoms with E-state index >= 15 is 0 Å². The van der Waals surface area contributed by atoms with Crippen molar-refractivity contribution in [1.29, 1.82) is 0 Å². The van der Waals surface area contributed by atoms with Gasteiger partial charge < -0.3 is 15.4 Å². The normalized spacial score (nSPS) is 16.8. The van der Waals surface area contributed by atoms with Gasteiger partial charge in [-0.2, -0.15) is 4.36 Å². The van der Waals surface area contributed by atoms with Gasteiger partial charge in [0.15, 0.2) is 0 Å². The standard InChI is InChI=1S/C21H23F2N5O2S/c1-31(2,29)28-14-9-16(23)20-18(10-14)25-12-26-21(20)27-17-6-5-13(22)8-19(17)30-15-4-3-7-24-11-15/h5-6,8-10,12,15,24H,3-4,7,11H2,1-2H3,(H,25,26,27). The van der Waals surface area contributed by atoms with Crippen LogP contribution in [-0.2, 0) is 9.73 Å². The molecule has 1 atom stereocenters. The van der Waals surface area contributed by atoms with E-state index in [0.717, 1.165) is 19.4 Å². The second-order valence-corrected chi connectivity index (χ2v) is 10.2. The van der Waals surface area contributed by atoms with E-state index in [0.29, 0.717) is 23.5 Å². The SMILES string of the molecule is CS(C)(=O)=Nc1cc(F)c2c(Nc3ccc(F)cc3OC3CCCNC3)ncnc2c1. The molecule has 2 aromatic carbocycles. The second-order valence-electron chi connectivity index (χ2n) is 7.67. The lowest BCUT2D eigenvalue weighted by Crippen LogP contribution is -2.37. The van der Waals surface area contributed by atoms with E-state index in [9.17, 15) is 13.0 Å². The number of halogens is 2. The zero-order valence-electron chi connectivity index (χ0n) is 17.2. The summed E-state index contributed by atoms with van der Waals surface area (Å²) in [5, 5.41) is 6.45. The van der Waals surface area contributed by atoms with E-state index in [1.165, 1.54) is 43.1 Å². The lowest BCUT2D eigenvalue weighted by Gasteiger charge is -2.25. The van der Waals surface area contributed by atoms with Crippen LogP contribution in [0, 0.1) is 11.6 Å². The summed E-state index contributed by atoms with van der Waals surface area (Å²) in [6, 6.07) is 6.86. The first-order valence-corrected chi connectivity index (χ1v) is 12.2. The van der Waals surface area contributed by atoms with Crippen molar-refractivity contribution in [3.05, 3.63) is 48.3 Å². The number of benzene rings is 2. The highest BCUT2D eigenvalue weighted by atomic mass is 32.2. The van der Waals surface area contributed by atoms with Gasteiger partial charge in [0.25, 0.3) is 0 Å². The first-order valence-electron chi connectivity index (χ1n) is 9.84. The summed E-state index contributed by atoms with van der Waals surface area (Å²) in [6.07, 6.45) is 5.98. The van der Waals surface area contributed by atoms with Gasteiger partial charge in [0.1, 0.15) is 35.6 Å². The number of nitrogens with zero attached hydrogens (tertiary/aromatic N) is 3. The average molecular weight is 448 g/mol. The average Bonchev–Trinajstić information content (AvgIpc) is 2.69. The van der Waals surface area contributed by atoms with Crippen molar-refractivity contribution in [1.82, 2.24) is 15.3 Å². The van der Waals surface area contributed by atoms with Crippen LogP contribution in [0.1, 0.15) is 12.8 Å². The lowest BCUT2D eigenvalue weighted by atomic mass is 10.1. The molecule has 0 spiro atoms. The van der Waals surface area contributed by atoms with Crippen LogP contribution in [-0.4, -0.2) is 45.9 Å². The molecule has 164 valence electrons. The van der Waals surface area contributed by atoms with Gasteiger partial charge in [0.2, 0.25) is 0 Å². The summed E-state index contributed by atoms with van der Waals surface area (Å²) in [5.41, 5.74) is 1.01. The van der Waals surface area contributed by atoms with Crippen molar-refractivity contribution >= 4 is 37.8 Å². The molecule has 3 aromatic rings. The van der Waals surface area contributed by atoms with Gasteiger partial charge in [0, 0.05) is 40.9 Å². The molecule has 4 rings (SSSR count). The van der Waals surface area contributed by atoms with E-state index in [1.54, 1.807) is 6.07 Å². The Bertz CT molecular complexity index is 1230. The highest BCUT2D eigenvalue weighted by Gasteiger charge is 2.18. The highest BCUT2D eigenvalue weighted by Crippen LogP contribution is 2.34. The number of hydrogen-bond acceptors (Lipinski definition) is 7. The number of hydrogen-bond donors (Lipinski definition) is 2. The molecule has 1 saturated heterocycles. The Hall–Kier alpha value is -2.85. The number of anilines is 2. The highest BCUT2D eigenvalue weighted by molar-refractivity contribution is 7.92. The van der Waals surface area contributed by atoms with Crippen molar-refractivity contribution in [2.24, 2.45) is 4.36 Å². The van der Waals surface area contributed by atoms with E-state index in [-0.39, 0.29) is 23.0 Å². The number of rotatable bonds is 5. The zero-order valence-corrected chi connectivity index (χ0v) is 18.0. The first-order chi connectivity index (χ1) is 14.8. The van der Waals surface area contributed by atoms with Gasteiger partial charge in [0.05, 0.1) is 22.3 Å². The van der Waals surface area contributed by atoms with Gasteiger partial charge >= 0.3 is 0 Å². The molecule has 0 amide bonds. The molecule has 0 radical (unpaired) electrons. The Morgan fingerprint density at radius 2 is 2.06 bits per heavy atom. The summed E-state index contributed by atoms with van der Waals surface area (Å²) in [7, 11) is -2.45. The second kappa shape index (κ2) is 8.72. The smallest absolute Gasteiger partial charge is 0.146 e. The molecule has 1 aromatic heterocycles. The van der Waals surface area contributed by atoms with Crippen LogP contribution in [0.25, 0.3) is 10.9 Å². The largest absolute Gasteiger partial charge is 0.487 e. The first kappa shape index (κ1) is 21.4. The third-order valence-corrected chi connectivity index (χ3v) is 5.39. The van der Waals surface area contributed by atoms with Gasteiger partial charge in [-0.1, -0.05) is 0 Å². The van der Waals surface area contributed by atoms with Crippen molar-refractivity contribution in [3.8, 4) is 5.75 Å². The summed E-state index contributed by atoms with van der Waals surface area (Å²) in [4.78, 5) is 8.29. The third-order valence-electron chi connectivity index (χ3n) is 4.74. The Kier molecular flexibility index (Phi) is 6.01. The summed E-state index contributed by atoms with van der Waals surface area (Å²) < 4.78 is 50.9. The predicted octanol–water partition coefficient (Wildman–Crippen LogP) is 4.14. The molecule has 1 fully saturated rings. The molecular formula is C21H23F2N5O2S. The minimum atomic E-state index is -2.45. The molecule has 2 N–H and O–H groups in total. The molecule has 2 heterocycles. The van der Waals surface area contributed by atoms with Crippen LogP contribution in [0.5, 0.6) is 5.75 Å². The summed E-state index contributed by atoms with van der Waals surface area (Å²) in [6.45, 7) is 1.60. The van der Waals surface area contributed by atoms with Crippen LogP contribution in [0.3, 0.4) is 0 Å². The minimum Gasteiger partial charge on any atom is -0.487 e. The zero-order chi connectivity index (χ0) is 22.0. The van der Waals surface area contributed by atoms with Gasteiger partial charge in [-0.25, -0.2) is 23.0 Å². The van der Waals surface area contributed by atoms with Gasteiger partial charge in [-0.3, -0.25) is 0 Å². The van der Waals surface area contributed by atoms with E-state index in [2.05, 4.69) is 25.0 Å². The van der Waals surface area contributed by atoms with E-state index in [1.807, 2.05) is 0 Å². The monoisotopic (exact) mass is 447 g/mol. The molecule has 1 aliphatic rings. The fourth-order valence-electron chi connectivity index (χ4n) is 3.45. The molecule has 0 saturated carbocycles. The maximum atomic E-state index is 15.0. The van der Waals surface area contributed by atoms with Crippen molar-refractivity contribution in [2.75, 3.05) is 30.9 Å². The van der Waals surface area contributed by atoms with E-state index in [4.69, 9.17) is 4.74 Å². The maximum absolute atomic E-state index is 15.0. The molecule has 0 bridgehead atoms. The predicted molar refractivity (Wildman–Crippen MR) is 118 cm³/mol. The molecule has 1 aliphatic heterocycles. The van der Waals surface area contributed by atoms with Gasteiger partial charge in [-0.05, 0) is 37.6 Å². The van der Waals surface area contributed by atoms with Crippen LogP contribution < -0.4 is 15.4 Å².